The highest BCUT2D eigenvalue weighted by molar-refractivity contribution is 7.98. The number of carbonyl (C=O) groups excluding carboxylic acids is 1. The molecule has 1 amide bonds. The van der Waals surface area contributed by atoms with Gasteiger partial charge in [0.05, 0.1) is 6.20 Å². The number of thioether (sulfide) groups is 1. The van der Waals surface area contributed by atoms with Gasteiger partial charge in [-0.1, -0.05) is 45.1 Å². The molecule has 2 N–H and O–H groups in total. The normalized spacial score (nSPS) is 14.3. The van der Waals surface area contributed by atoms with Crippen LogP contribution < -0.4 is 10.5 Å². The smallest absolute Gasteiger partial charge is 0.254 e. The molecule has 26 heavy (non-hydrogen) atoms. The highest BCUT2D eigenvalue weighted by Crippen LogP contribution is 2.26. The lowest BCUT2D eigenvalue weighted by atomic mass is 9.91. The van der Waals surface area contributed by atoms with Gasteiger partial charge >= 0.3 is 0 Å². The van der Waals surface area contributed by atoms with Crippen molar-refractivity contribution >= 4 is 17.7 Å². The number of primary amides is 1. The second kappa shape index (κ2) is 10.2. The second-order valence-electron chi connectivity index (χ2n) is 6.39. The summed E-state index contributed by atoms with van der Waals surface area (Å²) in [6.07, 6.45) is 10.3. The number of hydrogen-bond donors (Lipinski definition) is 1. The predicted molar refractivity (Wildman–Crippen MR) is 103 cm³/mol. The Labute approximate surface area is 158 Å². The molecule has 0 bridgehead atoms. The van der Waals surface area contributed by atoms with Crippen molar-refractivity contribution in [1.82, 2.24) is 4.98 Å². The van der Waals surface area contributed by atoms with Crippen molar-refractivity contribution in [3.05, 3.63) is 47.9 Å². The molecule has 0 radical (unpaired) electrons. The SMILES string of the molecule is CC1CCCCC1.CSc1cccc(Oc2ncc(F)cc2C(N)=O)c1. The summed E-state index contributed by atoms with van der Waals surface area (Å²) in [5.74, 6) is 0.108. The Morgan fingerprint density at radius 1 is 1.27 bits per heavy atom. The van der Waals surface area contributed by atoms with Crippen molar-refractivity contribution in [3.63, 3.8) is 0 Å². The molecular formula is C20H25FN2O2S. The first-order valence-electron chi connectivity index (χ1n) is 8.77. The number of benzene rings is 1. The summed E-state index contributed by atoms with van der Waals surface area (Å²) in [6, 6.07) is 8.25. The lowest BCUT2D eigenvalue weighted by Gasteiger charge is -2.15. The molecule has 140 valence electrons. The predicted octanol–water partition coefficient (Wildman–Crippen LogP) is 5.42. The number of ether oxygens (including phenoxy) is 1. The van der Waals surface area contributed by atoms with Crippen molar-refractivity contribution in [2.45, 2.75) is 43.9 Å². The van der Waals surface area contributed by atoms with Crippen LogP contribution in [0.2, 0.25) is 0 Å². The van der Waals surface area contributed by atoms with Crippen LogP contribution in [0.25, 0.3) is 0 Å². The number of nitrogens with two attached hydrogens (primary N) is 1. The third-order valence-electron chi connectivity index (χ3n) is 4.23. The zero-order chi connectivity index (χ0) is 18.9. The van der Waals surface area contributed by atoms with E-state index in [2.05, 4.69) is 11.9 Å². The van der Waals surface area contributed by atoms with Crippen LogP contribution in [-0.4, -0.2) is 17.1 Å². The van der Waals surface area contributed by atoms with Gasteiger partial charge in [0, 0.05) is 4.90 Å². The van der Waals surface area contributed by atoms with Crippen molar-refractivity contribution in [2.24, 2.45) is 11.7 Å². The molecule has 1 aromatic carbocycles. The molecule has 1 heterocycles. The molecule has 1 aliphatic carbocycles. The van der Waals surface area contributed by atoms with Gasteiger partial charge in [-0.05, 0) is 36.4 Å². The van der Waals surface area contributed by atoms with Gasteiger partial charge in [-0.15, -0.1) is 11.8 Å². The van der Waals surface area contributed by atoms with Gasteiger partial charge in [0.25, 0.3) is 5.91 Å². The first-order valence-corrected chi connectivity index (χ1v) is 9.99. The summed E-state index contributed by atoms with van der Waals surface area (Å²) >= 11 is 1.55. The lowest BCUT2D eigenvalue weighted by Crippen LogP contribution is -2.13. The third kappa shape index (κ3) is 6.33. The Bertz CT molecular complexity index is 734. The van der Waals surface area contributed by atoms with E-state index in [1.165, 1.54) is 32.1 Å². The zero-order valence-electron chi connectivity index (χ0n) is 15.2. The molecule has 0 spiro atoms. The van der Waals surface area contributed by atoms with Crippen LogP contribution in [0.15, 0.2) is 41.4 Å². The first-order chi connectivity index (χ1) is 12.5. The maximum absolute atomic E-state index is 13.0. The highest BCUT2D eigenvalue weighted by atomic mass is 32.2. The Morgan fingerprint density at radius 3 is 2.58 bits per heavy atom. The number of aromatic nitrogens is 1. The average molecular weight is 376 g/mol. The number of nitrogens with zero attached hydrogens (tertiary/aromatic N) is 1. The molecular weight excluding hydrogens is 351 g/mol. The Kier molecular flexibility index (Phi) is 7.91. The quantitative estimate of drug-likeness (QED) is 0.724. The molecule has 0 saturated heterocycles. The summed E-state index contributed by atoms with van der Waals surface area (Å²) in [4.78, 5) is 16.0. The lowest BCUT2D eigenvalue weighted by molar-refractivity contribution is 0.0997. The fourth-order valence-electron chi connectivity index (χ4n) is 2.77. The number of halogens is 1. The molecule has 0 aliphatic heterocycles. The number of amides is 1. The molecule has 0 unspecified atom stereocenters. The zero-order valence-corrected chi connectivity index (χ0v) is 16.0. The van der Waals surface area contributed by atoms with E-state index in [9.17, 15) is 9.18 Å². The van der Waals surface area contributed by atoms with Crippen molar-refractivity contribution in [1.29, 1.82) is 0 Å². The standard InChI is InChI=1S/C13H11FN2O2S.C7H14/c1-19-10-4-2-3-9(6-10)18-13-11(12(15)17)5-8(14)7-16-13;1-7-5-3-2-4-6-7/h2-7H,1H3,(H2,15,17);7H,2-6H2,1H3. The van der Waals surface area contributed by atoms with Crippen LogP contribution in [-0.2, 0) is 0 Å². The molecule has 2 aromatic rings. The van der Waals surface area contributed by atoms with Gasteiger partial charge in [-0.3, -0.25) is 4.79 Å². The molecule has 4 nitrogen and oxygen atoms in total. The molecule has 1 saturated carbocycles. The fourth-order valence-corrected chi connectivity index (χ4v) is 3.22. The molecule has 6 heteroatoms. The largest absolute Gasteiger partial charge is 0.438 e. The van der Waals surface area contributed by atoms with Gasteiger partial charge < -0.3 is 10.5 Å². The van der Waals surface area contributed by atoms with Crippen LogP contribution in [0.3, 0.4) is 0 Å². The Morgan fingerprint density at radius 2 is 2.00 bits per heavy atom. The van der Waals surface area contributed by atoms with Gasteiger partial charge in [0.1, 0.15) is 17.1 Å². The van der Waals surface area contributed by atoms with Crippen LogP contribution in [0.1, 0.15) is 49.4 Å². The van der Waals surface area contributed by atoms with E-state index in [4.69, 9.17) is 10.5 Å². The third-order valence-corrected chi connectivity index (χ3v) is 4.96. The summed E-state index contributed by atoms with van der Waals surface area (Å²) < 4.78 is 18.5. The van der Waals surface area contributed by atoms with E-state index < -0.39 is 11.7 Å². The van der Waals surface area contributed by atoms with E-state index in [1.807, 2.05) is 18.4 Å². The second-order valence-corrected chi connectivity index (χ2v) is 7.27. The fraction of sp³-hybridized carbons (Fsp3) is 0.400. The molecule has 1 fully saturated rings. The van der Waals surface area contributed by atoms with Crippen molar-refractivity contribution in [2.75, 3.05) is 6.26 Å². The van der Waals surface area contributed by atoms with Crippen molar-refractivity contribution < 1.29 is 13.9 Å². The molecule has 3 rings (SSSR count). The van der Waals surface area contributed by atoms with Crippen molar-refractivity contribution in [3.8, 4) is 11.6 Å². The monoisotopic (exact) mass is 376 g/mol. The molecule has 0 atom stereocenters. The number of rotatable bonds is 4. The maximum Gasteiger partial charge on any atom is 0.254 e. The summed E-state index contributed by atoms with van der Waals surface area (Å²) in [7, 11) is 0. The van der Waals surface area contributed by atoms with E-state index >= 15 is 0 Å². The minimum absolute atomic E-state index is 0.00727. The van der Waals surface area contributed by atoms with Gasteiger partial charge in [-0.25, -0.2) is 9.37 Å². The van der Waals surface area contributed by atoms with Gasteiger partial charge in [0.15, 0.2) is 0 Å². The molecule has 1 aliphatic rings. The Balaban J connectivity index is 0.000000290. The molecule has 1 aromatic heterocycles. The summed E-state index contributed by atoms with van der Waals surface area (Å²) in [5.41, 5.74) is 5.08. The van der Waals surface area contributed by atoms with Crippen LogP contribution >= 0.6 is 11.8 Å². The van der Waals surface area contributed by atoms with Crippen LogP contribution in [0.5, 0.6) is 11.6 Å². The minimum atomic E-state index is -0.789. The maximum atomic E-state index is 13.0. The van der Waals surface area contributed by atoms with E-state index in [0.717, 1.165) is 23.1 Å². The topological polar surface area (TPSA) is 65.2 Å². The first kappa shape index (κ1) is 20.2. The number of hydrogen-bond acceptors (Lipinski definition) is 4. The Hall–Kier alpha value is -2.08. The summed E-state index contributed by atoms with van der Waals surface area (Å²) in [5, 5.41) is 0. The van der Waals surface area contributed by atoms with Gasteiger partial charge in [-0.2, -0.15) is 0 Å². The van der Waals surface area contributed by atoms with E-state index in [0.29, 0.717) is 5.75 Å². The van der Waals surface area contributed by atoms with Gasteiger partial charge in [0.2, 0.25) is 5.88 Å². The van der Waals surface area contributed by atoms with Crippen LogP contribution in [0, 0.1) is 11.7 Å². The number of pyridine rings is 1. The summed E-state index contributed by atoms with van der Waals surface area (Å²) in [6.45, 7) is 2.36. The van der Waals surface area contributed by atoms with Crippen LogP contribution in [0.4, 0.5) is 4.39 Å². The minimum Gasteiger partial charge on any atom is -0.438 e. The number of carbonyl (C=O) groups is 1. The van der Waals surface area contributed by atoms with E-state index in [-0.39, 0.29) is 11.4 Å². The van der Waals surface area contributed by atoms with E-state index in [1.54, 1.807) is 23.9 Å². The average Bonchev–Trinajstić information content (AvgIpc) is 2.64. The highest BCUT2D eigenvalue weighted by Gasteiger charge is 2.13.